The number of methoxy groups -OCH3 is 4. The highest BCUT2D eigenvalue weighted by molar-refractivity contribution is 6.07. The zero-order valence-corrected chi connectivity index (χ0v) is 18.4. The number of hydrogen-bond acceptors (Lipinski definition) is 7. The van der Waals surface area contributed by atoms with E-state index in [4.69, 9.17) is 18.9 Å². The Morgan fingerprint density at radius 1 is 0.812 bits per heavy atom. The van der Waals surface area contributed by atoms with Crippen molar-refractivity contribution in [2.24, 2.45) is 7.05 Å². The molecule has 168 valence electrons. The summed E-state index contributed by atoms with van der Waals surface area (Å²) in [6, 6.07) is 9.73. The third kappa shape index (κ3) is 4.75. The second-order valence-electron chi connectivity index (χ2n) is 6.63. The maximum absolute atomic E-state index is 12.7. The van der Waals surface area contributed by atoms with E-state index in [0.29, 0.717) is 39.8 Å². The Labute approximate surface area is 185 Å². The van der Waals surface area contributed by atoms with Crippen LogP contribution in [0, 0.1) is 0 Å². The summed E-state index contributed by atoms with van der Waals surface area (Å²) in [7, 11) is 7.64. The summed E-state index contributed by atoms with van der Waals surface area (Å²) in [5.41, 5.74) is 1.70. The number of ether oxygens (including phenoxy) is 4. The fourth-order valence-corrected chi connectivity index (χ4v) is 3.03. The minimum Gasteiger partial charge on any atom is -0.493 e. The number of aryl methyl sites for hydroxylation is 1. The van der Waals surface area contributed by atoms with Crippen molar-refractivity contribution >= 4 is 23.2 Å². The molecule has 0 saturated heterocycles. The van der Waals surface area contributed by atoms with E-state index in [-0.39, 0.29) is 17.7 Å². The first-order valence-electron chi connectivity index (χ1n) is 9.50. The highest BCUT2D eigenvalue weighted by Crippen LogP contribution is 2.40. The predicted octanol–water partition coefficient (Wildman–Crippen LogP) is 2.96. The summed E-state index contributed by atoms with van der Waals surface area (Å²) in [6.07, 6.45) is 1.56. The summed E-state index contributed by atoms with van der Waals surface area (Å²) in [5, 5.41) is 9.61. The molecule has 10 nitrogen and oxygen atoms in total. The fourth-order valence-electron chi connectivity index (χ4n) is 3.03. The van der Waals surface area contributed by atoms with Gasteiger partial charge in [0, 0.05) is 42.3 Å². The summed E-state index contributed by atoms with van der Waals surface area (Å²) in [6.45, 7) is 0. The Kier molecular flexibility index (Phi) is 6.83. The van der Waals surface area contributed by atoms with Crippen molar-refractivity contribution in [3.8, 4) is 23.1 Å². The smallest absolute Gasteiger partial charge is 0.262 e. The van der Waals surface area contributed by atoms with Crippen molar-refractivity contribution in [1.82, 2.24) is 9.78 Å². The summed E-state index contributed by atoms with van der Waals surface area (Å²) < 4.78 is 22.5. The third-order valence-corrected chi connectivity index (χ3v) is 4.56. The van der Waals surface area contributed by atoms with Gasteiger partial charge in [-0.1, -0.05) is 0 Å². The highest BCUT2D eigenvalue weighted by atomic mass is 16.5. The molecule has 0 aliphatic rings. The molecule has 0 aliphatic heterocycles. The molecule has 0 bridgehead atoms. The van der Waals surface area contributed by atoms with Gasteiger partial charge in [-0.2, -0.15) is 0 Å². The number of anilines is 2. The molecule has 2 aromatic carbocycles. The summed E-state index contributed by atoms with van der Waals surface area (Å²) >= 11 is 0. The second kappa shape index (κ2) is 9.73. The molecule has 0 fully saturated rings. The van der Waals surface area contributed by atoms with Crippen LogP contribution in [0.25, 0.3) is 0 Å². The van der Waals surface area contributed by atoms with Crippen LogP contribution in [0.5, 0.6) is 23.1 Å². The van der Waals surface area contributed by atoms with Gasteiger partial charge in [-0.15, -0.1) is 5.10 Å². The Balaban J connectivity index is 1.72. The Morgan fingerprint density at radius 3 is 1.94 bits per heavy atom. The molecule has 0 aliphatic carbocycles. The average molecular weight is 440 g/mol. The molecule has 32 heavy (non-hydrogen) atoms. The van der Waals surface area contributed by atoms with Gasteiger partial charge in [0.15, 0.2) is 11.5 Å². The Morgan fingerprint density at radius 2 is 1.41 bits per heavy atom. The molecule has 0 saturated carbocycles. The number of hydrogen-bond donors (Lipinski definition) is 2. The van der Waals surface area contributed by atoms with E-state index in [0.717, 1.165) is 0 Å². The largest absolute Gasteiger partial charge is 0.493 e. The first-order chi connectivity index (χ1) is 15.4. The van der Waals surface area contributed by atoms with Gasteiger partial charge < -0.3 is 29.6 Å². The number of nitrogens with one attached hydrogen (secondary N) is 2. The zero-order valence-electron chi connectivity index (χ0n) is 18.4. The molecule has 1 heterocycles. The summed E-state index contributed by atoms with van der Waals surface area (Å²) in [4.78, 5) is 25.2. The number of aromatic nitrogens is 2. The van der Waals surface area contributed by atoms with Gasteiger partial charge in [-0.05, 0) is 24.3 Å². The minimum atomic E-state index is -0.371. The Hall–Kier alpha value is -4.21. The van der Waals surface area contributed by atoms with Crippen LogP contribution in [0.3, 0.4) is 0 Å². The van der Waals surface area contributed by atoms with Crippen LogP contribution < -0.4 is 29.6 Å². The van der Waals surface area contributed by atoms with Crippen molar-refractivity contribution in [2.75, 3.05) is 39.1 Å². The average Bonchev–Trinajstić information content (AvgIpc) is 3.19. The van der Waals surface area contributed by atoms with Crippen molar-refractivity contribution in [3.63, 3.8) is 0 Å². The zero-order chi connectivity index (χ0) is 23.3. The minimum absolute atomic E-state index is 0.228. The lowest BCUT2D eigenvalue weighted by atomic mass is 10.1. The first kappa shape index (κ1) is 22.5. The molecular formula is C22H24N4O6. The van der Waals surface area contributed by atoms with Crippen LogP contribution in [-0.4, -0.2) is 50.0 Å². The molecule has 0 radical (unpaired) electrons. The number of carbonyl (C=O) groups is 2. The monoisotopic (exact) mass is 440 g/mol. The molecule has 3 rings (SSSR count). The van der Waals surface area contributed by atoms with Crippen molar-refractivity contribution in [2.45, 2.75) is 0 Å². The van der Waals surface area contributed by atoms with Gasteiger partial charge in [0.25, 0.3) is 11.8 Å². The molecule has 2 N–H and O–H groups in total. The van der Waals surface area contributed by atoms with E-state index in [1.807, 2.05) is 0 Å². The van der Waals surface area contributed by atoms with Gasteiger partial charge in [0.1, 0.15) is 5.56 Å². The molecular weight excluding hydrogens is 416 g/mol. The summed E-state index contributed by atoms with van der Waals surface area (Å²) in [5.74, 6) is 0.789. The number of carbonyl (C=O) groups excluding carboxylic acids is 2. The van der Waals surface area contributed by atoms with Gasteiger partial charge in [0.2, 0.25) is 11.6 Å². The lowest BCUT2D eigenvalue weighted by Crippen LogP contribution is -2.14. The van der Waals surface area contributed by atoms with Crippen LogP contribution in [0.15, 0.2) is 42.6 Å². The van der Waals surface area contributed by atoms with Crippen molar-refractivity contribution in [1.29, 1.82) is 0 Å². The quantitative estimate of drug-likeness (QED) is 0.554. The maximum Gasteiger partial charge on any atom is 0.262 e. The topological polar surface area (TPSA) is 113 Å². The molecule has 0 unspecified atom stereocenters. The molecule has 10 heteroatoms. The second-order valence-corrected chi connectivity index (χ2v) is 6.63. The molecule has 3 aromatic rings. The number of amides is 2. The van der Waals surface area contributed by atoms with Crippen molar-refractivity contribution in [3.05, 3.63) is 53.7 Å². The highest BCUT2D eigenvalue weighted by Gasteiger charge is 2.17. The first-order valence-corrected chi connectivity index (χ1v) is 9.50. The van der Waals surface area contributed by atoms with Crippen LogP contribution >= 0.6 is 0 Å². The van der Waals surface area contributed by atoms with E-state index in [1.54, 1.807) is 49.6 Å². The van der Waals surface area contributed by atoms with E-state index < -0.39 is 0 Å². The standard InChI is InChI=1S/C22H24N4O6/c1-26-12-16(22(25-26)32-5)21(28)23-14-8-6-13(7-9-14)20(27)24-15-10-17(29-2)19(31-4)18(11-15)30-3/h6-12H,1-5H3,(H,23,28)(H,24,27). The van der Waals surface area contributed by atoms with Crippen LogP contribution in [0.2, 0.25) is 0 Å². The van der Waals surface area contributed by atoms with E-state index >= 15 is 0 Å². The van der Waals surface area contributed by atoms with Crippen LogP contribution in [-0.2, 0) is 7.05 Å². The van der Waals surface area contributed by atoms with Crippen molar-refractivity contribution < 1.29 is 28.5 Å². The maximum atomic E-state index is 12.7. The Bertz CT molecular complexity index is 1100. The van der Waals surface area contributed by atoms with E-state index in [2.05, 4.69) is 15.7 Å². The lowest BCUT2D eigenvalue weighted by Gasteiger charge is -2.14. The molecule has 0 spiro atoms. The normalized spacial score (nSPS) is 10.3. The van der Waals surface area contributed by atoms with E-state index in [9.17, 15) is 9.59 Å². The fraction of sp³-hybridized carbons (Fsp3) is 0.227. The molecule has 0 atom stereocenters. The van der Waals surface area contributed by atoms with Crippen LogP contribution in [0.1, 0.15) is 20.7 Å². The number of rotatable bonds is 8. The van der Waals surface area contributed by atoms with Gasteiger partial charge in [-0.25, -0.2) is 0 Å². The van der Waals surface area contributed by atoms with Gasteiger partial charge in [0.05, 0.1) is 28.4 Å². The van der Waals surface area contributed by atoms with Gasteiger partial charge in [-0.3, -0.25) is 14.3 Å². The number of benzene rings is 2. The SMILES string of the molecule is COc1cc(NC(=O)c2ccc(NC(=O)c3cn(C)nc3OC)cc2)cc(OC)c1OC. The molecule has 1 aromatic heterocycles. The molecule has 2 amide bonds. The lowest BCUT2D eigenvalue weighted by molar-refractivity contribution is 0.101. The van der Waals surface area contributed by atoms with E-state index in [1.165, 1.54) is 33.1 Å². The third-order valence-electron chi connectivity index (χ3n) is 4.56. The number of nitrogens with zero attached hydrogens (tertiary/aromatic N) is 2. The van der Waals surface area contributed by atoms with Crippen LogP contribution in [0.4, 0.5) is 11.4 Å². The predicted molar refractivity (Wildman–Crippen MR) is 118 cm³/mol. The van der Waals surface area contributed by atoms with Gasteiger partial charge >= 0.3 is 0 Å².